The van der Waals surface area contributed by atoms with Crippen molar-refractivity contribution < 1.29 is 14.6 Å². The smallest absolute Gasteiger partial charge is 0.307 e. The number of likely N-dealkylation sites (tertiary alicyclic amines) is 1. The molecule has 1 N–H and O–H groups in total. The monoisotopic (exact) mass is 365 g/mol. The van der Waals surface area contributed by atoms with Crippen molar-refractivity contribution in [1.29, 1.82) is 0 Å². The average molecular weight is 365 g/mol. The number of ether oxygens (including phenoxy) is 1. The van der Waals surface area contributed by atoms with Crippen LogP contribution in [0.4, 0.5) is 0 Å². The first-order valence-corrected chi connectivity index (χ1v) is 9.52. The highest BCUT2D eigenvalue weighted by Crippen LogP contribution is 2.26. The maximum atomic E-state index is 11.3. The van der Waals surface area contributed by atoms with Crippen molar-refractivity contribution in [2.24, 2.45) is 5.92 Å². The molecule has 1 fully saturated rings. The van der Waals surface area contributed by atoms with E-state index in [1.54, 1.807) is 7.11 Å². The predicted molar refractivity (Wildman–Crippen MR) is 108 cm³/mol. The Balaban J connectivity index is 1.73. The molecule has 1 aliphatic heterocycles. The number of carbonyl (C=O) groups is 1. The molecular weight excluding hydrogens is 338 g/mol. The van der Waals surface area contributed by atoms with Crippen LogP contribution < -0.4 is 4.74 Å². The minimum absolute atomic E-state index is 0.224. The van der Waals surface area contributed by atoms with E-state index in [0.29, 0.717) is 6.54 Å². The Labute approximate surface area is 161 Å². The van der Waals surface area contributed by atoms with Crippen molar-refractivity contribution >= 4 is 11.5 Å². The van der Waals surface area contributed by atoms with Gasteiger partial charge in [-0.25, -0.2) is 0 Å². The molecule has 2 aromatic carbocycles. The Morgan fingerprint density at radius 3 is 2.52 bits per heavy atom. The van der Waals surface area contributed by atoms with Crippen LogP contribution in [-0.4, -0.2) is 42.7 Å². The quantitative estimate of drug-likeness (QED) is 0.794. The molecule has 2 aromatic rings. The minimum atomic E-state index is -0.668. The van der Waals surface area contributed by atoms with Gasteiger partial charge in [-0.3, -0.25) is 4.79 Å². The van der Waals surface area contributed by atoms with Gasteiger partial charge in [-0.05, 0) is 54.6 Å². The number of rotatable bonds is 7. The van der Waals surface area contributed by atoms with E-state index in [1.165, 1.54) is 11.1 Å². The van der Waals surface area contributed by atoms with Gasteiger partial charge >= 0.3 is 5.97 Å². The molecular formula is C23H27NO3. The maximum absolute atomic E-state index is 11.3. The van der Waals surface area contributed by atoms with Crippen molar-refractivity contribution in [3.63, 3.8) is 0 Å². The van der Waals surface area contributed by atoms with Crippen molar-refractivity contribution in [2.45, 2.75) is 19.3 Å². The molecule has 0 radical (unpaired) electrons. The van der Waals surface area contributed by atoms with Crippen molar-refractivity contribution in [2.75, 3.05) is 26.7 Å². The number of hydrogen-bond donors (Lipinski definition) is 1. The Morgan fingerprint density at radius 2 is 1.85 bits per heavy atom. The van der Waals surface area contributed by atoms with Gasteiger partial charge in [0.2, 0.25) is 0 Å². The molecule has 0 bridgehead atoms. The molecule has 1 heterocycles. The lowest BCUT2D eigenvalue weighted by atomic mass is 9.96. The molecule has 27 heavy (non-hydrogen) atoms. The first-order valence-electron chi connectivity index (χ1n) is 9.52. The van der Waals surface area contributed by atoms with E-state index in [-0.39, 0.29) is 5.92 Å². The van der Waals surface area contributed by atoms with E-state index < -0.39 is 5.97 Å². The number of carboxylic acid groups (broad SMARTS) is 1. The largest absolute Gasteiger partial charge is 0.497 e. The summed E-state index contributed by atoms with van der Waals surface area (Å²) in [6, 6.07) is 18.5. The number of benzene rings is 2. The number of methoxy groups -OCH3 is 1. The van der Waals surface area contributed by atoms with Gasteiger partial charge in [0, 0.05) is 13.1 Å². The molecule has 0 aliphatic carbocycles. The fourth-order valence-electron chi connectivity index (χ4n) is 3.64. The van der Waals surface area contributed by atoms with E-state index in [0.717, 1.165) is 43.7 Å². The van der Waals surface area contributed by atoms with Gasteiger partial charge < -0.3 is 14.7 Å². The third-order valence-corrected chi connectivity index (χ3v) is 5.13. The highest BCUT2D eigenvalue weighted by atomic mass is 16.5. The SMILES string of the molecule is COc1ccc(/C(=C\CCN2CCC[C@@H](C(=O)O)C2)c2ccccc2)cc1. The highest BCUT2D eigenvalue weighted by molar-refractivity contribution is 5.80. The standard InChI is InChI=1S/C23H27NO3/c1-27-21-13-11-19(12-14-21)22(18-7-3-2-4-8-18)10-6-16-24-15-5-9-20(17-24)23(25)26/h2-4,7-8,10-14,20H,5-6,9,15-17H2,1H3,(H,25,26)/b22-10-/t20-/m1/s1. The van der Waals surface area contributed by atoms with E-state index in [4.69, 9.17) is 4.74 Å². The lowest BCUT2D eigenvalue weighted by molar-refractivity contribution is -0.143. The molecule has 4 heteroatoms. The fraction of sp³-hybridized carbons (Fsp3) is 0.348. The minimum Gasteiger partial charge on any atom is -0.497 e. The zero-order valence-corrected chi connectivity index (χ0v) is 15.8. The van der Waals surface area contributed by atoms with Crippen molar-refractivity contribution in [3.05, 3.63) is 71.8 Å². The molecule has 0 amide bonds. The summed E-state index contributed by atoms with van der Waals surface area (Å²) in [7, 11) is 1.67. The summed E-state index contributed by atoms with van der Waals surface area (Å²) in [4.78, 5) is 13.5. The molecule has 0 unspecified atom stereocenters. The van der Waals surface area contributed by atoms with Crippen LogP contribution >= 0.6 is 0 Å². The zero-order valence-electron chi connectivity index (χ0n) is 15.8. The summed E-state index contributed by atoms with van der Waals surface area (Å²) in [5, 5.41) is 9.26. The van der Waals surface area contributed by atoms with Gasteiger partial charge in [0.25, 0.3) is 0 Å². The van der Waals surface area contributed by atoms with E-state index in [9.17, 15) is 9.90 Å². The number of carboxylic acids is 1. The fourth-order valence-corrected chi connectivity index (χ4v) is 3.64. The van der Waals surface area contributed by atoms with Gasteiger partial charge in [0.15, 0.2) is 0 Å². The maximum Gasteiger partial charge on any atom is 0.307 e. The second kappa shape index (κ2) is 9.38. The third-order valence-electron chi connectivity index (χ3n) is 5.13. The molecule has 1 atom stereocenters. The third kappa shape index (κ3) is 5.20. The first kappa shape index (κ1) is 19.2. The molecule has 1 aliphatic rings. The second-order valence-corrected chi connectivity index (χ2v) is 6.98. The van der Waals surface area contributed by atoms with Gasteiger partial charge in [-0.2, -0.15) is 0 Å². The molecule has 1 saturated heterocycles. The van der Waals surface area contributed by atoms with Crippen LogP contribution in [0.5, 0.6) is 5.75 Å². The second-order valence-electron chi connectivity index (χ2n) is 6.98. The van der Waals surface area contributed by atoms with Crippen molar-refractivity contribution in [3.8, 4) is 5.75 Å². The summed E-state index contributed by atoms with van der Waals surface area (Å²) in [5.41, 5.74) is 3.54. The lowest BCUT2D eigenvalue weighted by Gasteiger charge is -2.30. The number of nitrogens with zero attached hydrogens (tertiary/aromatic N) is 1. The van der Waals surface area contributed by atoms with E-state index in [2.05, 4.69) is 47.4 Å². The molecule has 3 rings (SSSR count). The number of piperidine rings is 1. The molecule has 0 aromatic heterocycles. The van der Waals surface area contributed by atoms with Gasteiger partial charge in [-0.15, -0.1) is 0 Å². The van der Waals surface area contributed by atoms with Gasteiger partial charge in [-0.1, -0.05) is 48.5 Å². The molecule has 4 nitrogen and oxygen atoms in total. The van der Waals surface area contributed by atoms with Crippen LogP contribution in [0.15, 0.2) is 60.7 Å². The Hall–Kier alpha value is -2.59. The normalized spacial score (nSPS) is 18.3. The van der Waals surface area contributed by atoms with Gasteiger partial charge in [0.1, 0.15) is 5.75 Å². The zero-order chi connectivity index (χ0) is 19.1. The lowest BCUT2D eigenvalue weighted by Crippen LogP contribution is -2.39. The van der Waals surface area contributed by atoms with E-state index >= 15 is 0 Å². The summed E-state index contributed by atoms with van der Waals surface area (Å²) >= 11 is 0. The summed E-state index contributed by atoms with van der Waals surface area (Å²) in [6.45, 7) is 2.53. The Kier molecular flexibility index (Phi) is 6.66. The average Bonchev–Trinajstić information content (AvgIpc) is 2.72. The highest BCUT2D eigenvalue weighted by Gasteiger charge is 2.24. The van der Waals surface area contributed by atoms with Gasteiger partial charge in [0.05, 0.1) is 13.0 Å². The van der Waals surface area contributed by atoms with Crippen molar-refractivity contribution in [1.82, 2.24) is 4.90 Å². The predicted octanol–water partition coefficient (Wildman–Crippen LogP) is 4.31. The van der Waals surface area contributed by atoms with Crippen LogP contribution in [0.3, 0.4) is 0 Å². The number of hydrogen-bond acceptors (Lipinski definition) is 3. The van der Waals surface area contributed by atoms with Crippen LogP contribution in [0.2, 0.25) is 0 Å². The topological polar surface area (TPSA) is 49.8 Å². The molecule has 142 valence electrons. The molecule has 0 saturated carbocycles. The number of aliphatic carboxylic acids is 1. The summed E-state index contributed by atoms with van der Waals surface area (Å²) in [6.07, 6.45) is 4.91. The first-order chi connectivity index (χ1) is 13.2. The van der Waals surface area contributed by atoms with Crippen LogP contribution in [0.25, 0.3) is 5.57 Å². The van der Waals surface area contributed by atoms with Crippen LogP contribution in [0.1, 0.15) is 30.4 Å². The Morgan fingerprint density at radius 1 is 1.15 bits per heavy atom. The molecule has 0 spiro atoms. The Bertz CT molecular complexity index is 768. The van der Waals surface area contributed by atoms with Crippen LogP contribution in [-0.2, 0) is 4.79 Å². The van der Waals surface area contributed by atoms with Crippen LogP contribution in [0, 0.1) is 5.92 Å². The summed E-state index contributed by atoms with van der Waals surface area (Å²) < 4.78 is 5.27. The summed E-state index contributed by atoms with van der Waals surface area (Å²) in [5.74, 6) is -0.0458. The van der Waals surface area contributed by atoms with E-state index in [1.807, 2.05) is 18.2 Å².